The minimum absolute atomic E-state index is 0.102. The highest BCUT2D eigenvalue weighted by Crippen LogP contribution is 2.19. The lowest BCUT2D eigenvalue weighted by atomic mass is 10.4. The third kappa shape index (κ3) is 2.69. The van der Waals surface area contributed by atoms with Gasteiger partial charge in [0.2, 0.25) is 0 Å². The lowest BCUT2D eigenvalue weighted by Gasteiger charge is -2.16. The van der Waals surface area contributed by atoms with Crippen molar-refractivity contribution in [3.8, 4) is 0 Å². The molecule has 1 aliphatic heterocycles. The number of amides is 1. The summed E-state index contributed by atoms with van der Waals surface area (Å²) in [6, 6.07) is 4.25. The zero-order valence-electron chi connectivity index (χ0n) is 8.79. The number of sulfonamides is 1. The lowest BCUT2D eigenvalue weighted by Crippen LogP contribution is -2.44. The van der Waals surface area contributed by atoms with E-state index >= 15 is 0 Å². The van der Waals surface area contributed by atoms with Crippen LogP contribution in [0.15, 0.2) is 29.2 Å². The first-order valence-corrected chi connectivity index (χ1v) is 7.55. The quantitative estimate of drug-likeness (QED) is 0.840. The molecule has 0 saturated carbocycles. The highest BCUT2D eigenvalue weighted by atomic mass is 32.2. The predicted molar refractivity (Wildman–Crippen MR) is 68.6 cm³/mol. The van der Waals surface area contributed by atoms with Gasteiger partial charge in [0.05, 0.1) is 10.6 Å². The van der Waals surface area contributed by atoms with Gasteiger partial charge in [0, 0.05) is 0 Å². The molecule has 1 N–H and O–H groups in total. The van der Waals surface area contributed by atoms with Gasteiger partial charge >= 0.3 is 0 Å². The van der Waals surface area contributed by atoms with Gasteiger partial charge in [-0.3, -0.25) is 4.79 Å². The number of rotatable bonds is 3. The van der Waals surface area contributed by atoms with Gasteiger partial charge in [0.15, 0.2) is 4.32 Å². The average Bonchev–Trinajstić information content (AvgIpc) is 2.61. The van der Waals surface area contributed by atoms with Crippen LogP contribution >= 0.6 is 24.0 Å². The van der Waals surface area contributed by atoms with Crippen LogP contribution in [0.25, 0.3) is 0 Å². The zero-order chi connectivity index (χ0) is 13.3. The van der Waals surface area contributed by atoms with E-state index in [1.807, 2.05) is 0 Å². The van der Waals surface area contributed by atoms with Crippen LogP contribution in [0.2, 0.25) is 0 Å². The van der Waals surface area contributed by atoms with E-state index in [1.165, 1.54) is 0 Å². The fourth-order valence-electron chi connectivity index (χ4n) is 1.23. The van der Waals surface area contributed by atoms with Crippen LogP contribution in [0.4, 0.5) is 4.39 Å². The maximum atomic E-state index is 12.7. The van der Waals surface area contributed by atoms with E-state index in [0.29, 0.717) is 0 Å². The molecule has 1 amide bonds. The number of benzene rings is 1. The molecular formula is C9H7FN2O3S3. The SMILES string of the molecule is O=C1CSC(=S)N1NS(=O)(=O)c1ccc(F)cc1. The van der Waals surface area contributed by atoms with Crippen molar-refractivity contribution in [1.82, 2.24) is 9.84 Å². The molecular weight excluding hydrogens is 299 g/mol. The smallest absolute Gasteiger partial charge is 0.257 e. The number of thiocarbonyl (C=S) groups is 1. The first kappa shape index (κ1) is 13.4. The van der Waals surface area contributed by atoms with Crippen LogP contribution in [0.1, 0.15) is 0 Å². The molecule has 0 unspecified atom stereocenters. The summed E-state index contributed by atoms with van der Waals surface area (Å²) < 4.78 is 36.6. The number of thioether (sulfide) groups is 1. The summed E-state index contributed by atoms with van der Waals surface area (Å²) in [5.74, 6) is -0.877. The molecule has 0 aromatic heterocycles. The van der Waals surface area contributed by atoms with E-state index in [1.54, 1.807) is 0 Å². The van der Waals surface area contributed by atoms with Gasteiger partial charge in [0.25, 0.3) is 15.9 Å². The van der Waals surface area contributed by atoms with E-state index in [2.05, 4.69) is 4.83 Å². The summed E-state index contributed by atoms with van der Waals surface area (Å²) in [6.45, 7) is 0. The van der Waals surface area contributed by atoms with Crippen molar-refractivity contribution in [2.45, 2.75) is 4.90 Å². The molecule has 9 heteroatoms. The molecule has 5 nitrogen and oxygen atoms in total. The molecule has 96 valence electrons. The Labute approximate surface area is 112 Å². The second-order valence-corrected chi connectivity index (χ2v) is 6.60. The summed E-state index contributed by atoms with van der Waals surface area (Å²) >= 11 is 5.91. The van der Waals surface area contributed by atoms with Crippen LogP contribution < -0.4 is 4.83 Å². The van der Waals surface area contributed by atoms with Crippen LogP contribution in [-0.4, -0.2) is 29.4 Å². The van der Waals surface area contributed by atoms with Gasteiger partial charge in [-0.05, 0) is 24.3 Å². The third-order valence-corrected chi connectivity index (χ3v) is 4.76. The summed E-state index contributed by atoms with van der Waals surface area (Å²) in [7, 11) is -3.94. The fraction of sp³-hybridized carbons (Fsp3) is 0.111. The maximum Gasteiger partial charge on any atom is 0.257 e. The molecule has 1 aromatic rings. The highest BCUT2D eigenvalue weighted by molar-refractivity contribution is 8.24. The number of hydrazine groups is 1. The minimum atomic E-state index is -3.94. The number of nitrogens with zero attached hydrogens (tertiary/aromatic N) is 1. The molecule has 1 heterocycles. The van der Waals surface area contributed by atoms with E-state index < -0.39 is 21.7 Å². The molecule has 0 bridgehead atoms. The Morgan fingerprint density at radius 2 is 1.94 bits per heavy atom. The number of hydrogen-bond donors (Lipinski definition) is 1. The number of halogens is 1. The van der Waals surface area contributed by atoms with Crippen molar-refractivity contribution in [2.24, 2.45) is 0 Å². The summed E-state index contributed by atoms with van der Waals surface area (Å²) in [5, 5.41) is 0.804. The molecule has 0 aliphatic carbocycles. The topological polar surface area (TPSA) is 66.5 Å². The van der Waals surface area contributed by atoms with E-state index in [4.69, 9.17) is 12.2 Å². The van der Waals surface area contributed by atoms with Gasteiger partial charge in [-0.1, -0.05) is 24.0 Å². The number of carbonyl (C=O) groups is 1. The molecule has 0 spiro atoms. The molecule has 1 aromatic carbocycles. The van der Waals surface area contributed by atoms with Crippen LogP contribution in [-0.2, 0) is 14.8 Å². The first-order chi connectivity index (χ1) is 8.40. The van der Waals surface area contributed by atoms with Crippen LogP contribution in [0, 0.1) is 5.82 Å². The number of hydrogen-bond acceptors (Lipinski definition) is 5. The van der Waals surface area contributed by atoms with Gasteiger partial charge in [0.1, 0.15) is 5.82 Å². The number of nitrogens with one attached hydrogen (secondary N) is 1. The highest BCUT2D eigenvalue weighted by Gasteiger charge is 2.31. The Morgan fingerprint density at radius 1 is 1.33 bits per heavy atom. The van der Waals surface area contributed by atoms with E-state index in [9.17, 15) is 17.6 Å². The Kier molecular flexibility index (Phi) is 3.66. The predicted octanol–water partition coefficient (Wildman–Crippen LogP) is 0.879. The molecule has 1 aliphatic rings. The Bertz CT molecular complexity index is 584. The average molecular weight is 306 g/mol. The Hall–Kier alpha value is -1.03. The second-order valence-electron chi connectivity index (χ2n) is 3.33. The van der Waals surface area contributed by atoms with Crippen molar-refractivity contribution in [3.63, 3.8) is 0 Å². The first-order valence-electron chi connectivity index (χ1n) is 4.68. The fourth-order valence-corrected chi connectivity index (χ4v) is 3.35. The normalized spacial score (nSPS) is 16.4. The van der Waals surface area contributed by atoms with Gasteiger partial charge in [-0.15, -0.1) is 4.83 Å². The van der Waals surface area contributed by atoms with E-state index in [-0.39, 0.29) is 15.0 Å². The van der Waals surface area contributed by atoms with Crippen molar-refractivity contribution in [2.75, 3.05) is 5.75 Å². The summed E-state index contributed by atoms with van der Waals surface area (Å²) in [6.07, 6.45) is 0. The van der Waals surface area contributed by atoms with Crippen molar-refractivity contribution in [1.29, 1.82) is 0 Å². The Balaban J connectivity index is 2.24. The molecule has 18 heavy (non-hydrogen) atoms. The van der Waals surface area contributed by atoms with Crippen molar-refractivity contribution < 1.29 is 17.6 Å². The Morgan fingerprint density at radius 3 is 2.44 bits per heavy atom. The van der Waals surface area contributed by atoms with Gasteiger partial charge in [-0.2, -0.15) is 0 Å². The van der Waals surface area contributed by atoms with Gasteiger partial charge < -0.3 is 0 Å². The third-order valence-electron chi connectivity index (χ3n) is 2.09. The molecule has 1 fully saturated rings. The monoisotopic (exact) mass is 306 g/mol. The van der Waals surface area contributed by atoms with Gasteiger partial charge in [-0.25, -0.2) is 17.8 Å². The molecule has 1 saturated heterocycles. The van der Waals surface area contributed by atoms with Crippen molar-refractivity contribution in [3.05, 3.63) is 30.1 Å². The van der Waals surface area contributed by atoms with Crippen LogP contribution in [0.5, 0.6) is 0 Å². The molecule has 0 atom stereocenters. The lowest BCUT2D eigenvalue weighted by molar-refractivity contribution is -0.125. The standard InChI is InChI=1S/C9H7FN2O3S3/c10-6-1-3-7(4-2-6)18(14,15)11-12-8(13)5-17-9(12)16/h1-4,11H,5H2. The molecule has 2 rings (SSSR count). The minimum Gasteiger partial charge on any atom is -0.272 e. The van der Waals surface area contributed by atoms with Crippen LogP contribution in [0.3, 0.4) is 0 Å². The summed E-state index contributed by atoms with van der Waals surface area (Å²) in [4.78, 5) is 13.3. The largest absolute Gasteiger partial charge is 0.272 e. The van der Waals surface area contributed by atoms with E-state index in [0.717, 1.165) is 41.0 Å². The second kappa shape index (κ2) is 4.92. The molecule has 0 radical (unpaired) electrons. The zero-order valence-corrected chi connectivity index (χ0v) is 11.2. The summed E-state index contributed by atoms with van der Waals surface area (Å²) in [5.41, 5.74) is 0. The van der Waals surface area contributed by atoms with Crippen molar-refractivity contribution >= 4 is 44.2 Å². The number of carbonyl (C=O) groups excluding carboxylic acids is 1. The maximum absolute atomic E-state index is 12.7.